The third-order valence-corrected chi connectivity index (χ3v) is 7.37. The highest BCUT2D eigenvalue weighted by atomic mass is 127. The molecule has 4 rings (SSSR count). The molecule has 37 heavy (non-hydrogen) atoms. The van der Waals surface area contributed by atoms with Crippen LogP contribution in [0, 0.1) is 14.1 Å². The lowest BCUT2D eigenvalue weighted by atomic mass is 10.1. The van der Waals surface area contributed by atoms with Crippen molar-refractivity contribution in [3.8, 4) is 5.75 Å². The van der Waals surface area contributed by atoms with Gasteiger partial charge < -0.3 is 15.4 Å². The number of carbonyl (C=O) groups is 3. The number of benzene rings is 3. The second-order valence-corrected chi connectivity index (χ2v) is 10.9. The van der Waals surface area contributed by atoms with Crippen LogP contribution in [0.25, 0.3) is 6.08 Å². The van der Waals surface area contributed by atoms with E-state index in [4.69, 9.17) is 4.74 Å². The van der Waals surface area contributed by atoms with Gasteiger partial charge in [0.2, 0.25) is 5.91 Å². The summed E-state index contributed by atoms with van der Waals surface area (Å²) in [5.41, 5.74) is 4.77. The van der Waals surface area contributed by atoms with Crippen molar-refractivity contribution >= 4 is 74.8 Å². The number of anilines is 1. The highest BCUT2D eigenvalue weighted by Gasteiger charge is 2.35. The lowest BCUT2D eigenvalue weighted by molar-refractivity contribution is -0.127. The molecule has 2 N–H and O–H groups in total. The number of hydrogen-bond donors (Lipinski definition) is 2. The van der Waals surface area contributed by atoms with Crippen molar-refractivity contribution in [3.05, 3.63) is 95.8 Å². The summed E-state index contributed by atoms with van der Waals surface area (Å²) < 4.78 is 7.82. The van der Waals surface area contributed by atoms with E-state index in [1.54, 1.807) is 12.1 Å². The average molecular weight is 721 g/mol. The normalized spacial score (nSPS) is 14.2. The van der Waals surface area contributed by atoms with Crippen LogP contribution in [0.15, 0.2) is 66.4 Å². The molecule has 0 radical (unpaired) electrons. The SMILES string of the molecule is CCc1ccccc1NC(=O)CN1C(=O)N/C(=C/c2cc(I)c(OCc3ccc(C)cc3)c(I)c2)C1=O. The maximum absolute atomic E-state index is 12.9. The van der Waals surface area contributed by atoms with Gasteiger partial charge in [-0.1, -0.05) is 55.0 Å². The van der Waals surface area contributed by atoms with E-state index in [1.807, 2.05) is 68.4 Å². The average Bonchev–Trinajstić information content (AvgIpc) is 3.12. The summed E-state index contributed by atoms with van der Waals surface area (Å²) in [5.74, 6) is -0.227. The fraction of sp³-hybridized carbons (Fsp3) is 0.179. The molecule has 1 heterocycles. The minimum absolute atomic E-state index is 0.117. The molecule has 3 aromatic carbocycles. The van der Waals surface area contributed by atoms with E-state index in [1.165, 1.54) is 5.56 Å². The molecule has 3 aromatic rings. The minimum atomic E-state index is -0.627. The maximum Gasteiger partial charge on any atom is 0.329 e. The molecule has 0 bridgehead atoms. The van der Waals surface area contributed by atoms with Gasteiger partial charge in [-0.15, -0.1) is 0 Å². The third kappa shape index (κ3) is 6.69. The zero-order chi connectivity index (χ0) is 26.5. The van der Waals surface area contributed by atoms with E-state index >= 15 is 0 Å². The Bertz CT molecular complexity index is 1360. The Balaban J connectivity index is 1.44. The summed E-state index contributed by atoms with van der Waals surface area (Å²) in [7, 11) is 0. The summed E-state index contributed by atoms with van der Waals surface area (Å²) in [6.07, 6.45) is 2.36. The van der Waals surface area contributed by atoms with Gasteiger partial charge in [-0.3, -0.25) is 9.59 Å². The molecule has 0 unspecified atom stereocenters. The van der Waals surface area contributed by atoms with Crippen LogP contribution < -0.4 is 15.4 Å². The van der Waals surface area contributed by atoms with Crippen LogP contribution in [0.5, 0.6) is 5.75 Å². The summed E-state index contributed by atoms with van der Waals surface area (Å²) in [5, 5.41) is 5.37. The van der Waals surface area contributed by atoms with Crippen LogP contribution in [0.3, 0.4) is 0 Å². The van der Waals surface area contributed by atoms with Crippen LogP contribution in [-0.4, -0.2) is 29.3 Å². The van der Waals surface area contributed by atoms with E-state index < -0.39 is 17.8 Å². The lowest BCUT2D eigenvalue weighted by Crippen LogP contribution is -2.38. The third-order valence-electron chi connectivity index (χ3n) is 5.77. The van der Waals surface area contributed by atoms with Crippen molar-refractivity contribution in [3.63, 3.8) is 0 Å². The molecule has 7 nitrogen and oxygen atoms in total. The van der Waals surface area contributed by atoms with Gasteiger partial charge in [0.05, 0.1) is 7.14 Å². The summed E-state index contributed by atoms with van der Waals surface area (Å²) >= 11 is 4.39. The van der Waals surface area contributed by atoms with Gasteiger partial charge in [0.25, 0.3) is 5.91 Å². The van der Waals surface area contributed by atoms with E-state index in [9.17, 15) is 14.4 Å². The number of aryl methyl sites for hydroxylation is 2. The highest BCUT2D eigenvalue weighted by Crippen LogP contribution is 2.31. The van der Waals surface area contributed by atoms with E-state index in [2.05, 4.69) is 55.8 Å². The van der Waals surface area contributed by atoms with Crippen LogP contribution in [0.2, 0.25) is 0 Å². The number of amides is 4. The lowest BCUT2D eigenvalue weighted by Gasteiger charge is -2.13. The quantitative estimate of drug-likeness (QED) is 0.173. The number of ether oxygens (including phenoxy) is 1. The molecular formula is C28H25I2N3O4. The molecular weight excluding hydrogens is 696 g/mol. The van der Waals surface area contributed by atoms with Crippen molar-refractivity contribution in [2.75, 3.05) is 11.9 Å². The Labute approximate surface area is 242 Å². The minimum Gasteiger partial charge on any atom is -0.487 e. The largest absolute Gasteiger partial charge is 0.487 e. The van der Waals surface area contributed by atoms with Crippen LogP contribution >= 0.6 is 45.2 Å². The molecule has 1 saturated heterocycles. The van der Waals surface area contributed by atoms with E-state index in [-0.39, 0.29) is 12.2 Å². The first-order chi connectivity index (χ1) is 17.7. The Morgan fingerprint density at radius 1 is 1.05 bits per heavy atom. The first-order valence-corrected chi connectivity index (χ1v) is 13.8. The Hall–Kier alpha value is -2.93. The predicted molar refractivity (Wildman–Crippen MR) is 160 cm³/mol. The maximum atomic E-state index is 12.9. The second-order valence-electron chi connectivity index (χ2n) is 8.53. The van der Waals surface area contributed by atoms with Gasteiger partial charge >= 0.3 is 6.03 Å². The Morgan fingerprint density at radius 2 is 1.73 bits per heavy atom. The van der Waals surface area contributed by atoms with Gasteiger partial charge in [0.15, 0.2) is 0 Å². The molecule has 0 aromatic heterocycles. The molecule has 0 saturated carbocycles. The van der Waals surface area contributed by atoms with Crippen molar-refractivity contribution in [2.45, 2.75) is 26.9 Å². The number of nitrogens with zero attached hydrogens (tertiary/aromatic N) is 1. The fourth-order valence-corrected chi connectivity index (χ4v) is 5.93. The Kier molecular flexibility index (Phi) is 8.85. The number of urea groups is 1. The fourth-order valence-electron chi connectivity index (χ4n) is 3.81. The zero-order valence-corrected chi connectivity index (χ0v) is 24.6. The van der Waals surface area contributed by atoms with Crippen LogP contribution in [0.4, 0.5) is 10.5 Å². The molecule has 1 aliphatic heterocycles. The van der Waals surface area contributed by atoms with E-state index in [0.717, 1.165) is 40.9 Å². The molecule has 4 amide bonds. The first-order valence-electron chi connectivity index (χ1n) is 11.6. The first kappa shape index (κ1) is 27.1. The molecule has 9 heteroatoms. The second kappa shape index (κ2) is 12.1. The Morgan fingerprint density at radius 3 is 2.41 bits per heavy atom. The number of halogens is 2. The van der Waals surface area contributed by atoms with Crippen molar-refractivity contribution in [1.29, 1.82) is 0 Å². The number of carbonyl (C=O) groups excluding carboxylic acids is 3. The highest BCUT2D eigenvalue weighted by molar-refractivity contribution is 14.1. The van der Waals surface area contributed by atoms with Gasteiger partial charge in [-0.05, 0) is 99.5 Å². The molecule has 190 valence electrons. The van der Waals surface area contributed by atoms with Gasteiger partial charge in [0.1, 0.15) is 24.6 Å². The summed E-state index contributed by atoms with van der Waals surface area (Å²) in [6.45, 7) is 4.11. The predicted octanol–water partition coefficient (Wildman–Crippen LogP) is 5.88. The van der Waals surface area contributed by atoms with Crippen molar-refractivity contribution in [2.24, 2.45) is 0 Å². The zero-order valence-electron chi connectivity index (χ0n) is 20.3. The molecule has 0 spiro atoms. The number of rotatable bonds is 8. The van der Waals surface area contributed by atoms with Crippen molar-refractivity contribution in [1.82, 2.24) is 10.2 Å². The summed E-state index contributed by atoms with van der Waals surface area (Å²) in [4.78, 5) is 38.9. The molecule has 0 atom stereocenters. The van der Waals surface area contributed by atoms with Gasteiger partial charge in [-0.25, -0.2) is 9.69 Å². The number of hydrogen-bond acceptors (Lipinski definition) is 4. The summed E-state index contributed by atoms with van der Waals surface area (Å²) in [6, 6.07) is 18.8. The van der Waals surface area contributed by atoms with Crippen molar-refractivity contribution < 1.29 is 19.1 Å². The standard InChI is InChI=1S/C28H25I2N3O4/c1-3-20-6-4-5-7-23(20)31-25(34)15-33-27(35)24(32-28(33)36)14-19-12-21(29)26(22(30)13-19)37-16-18-10-8-17(2)9-11-18/h4-14H,3,15-16H2,1-2H3,(H,31,34)(H,32,36)/b24-14+. The monoisotopic (exact) mass is 721 g/mol. The number of imide groups is 1. The van der Waals surface area contributed by atoms with Crippen LogP contribution in [0.1, 0.15) is 29.2 Å². The molecule has 1 aliphatic rings. The molecule has 0 aliphatic carbocycles. The van der Waals surface area contributed by atoms with Gasteiger partial charge in [-0.2, -0.15) is 0 Å². The topological polar surface area (TPSA) is 87.7 Å². The smallest absolute Gasteiger partial charge is 0.329 e. The van der Waals surface area contributed by atoms with E-state index in [0.29, 0.717) is 12.3 Å². The number of nitrogens with one attached hydrogen (secondary N) is 2. The molecule has 1 fully saturated rings. The number of para-hydroxylation sites is 1. The van der Waals surface area contributed by atoms with Gasteiger partial charge in [0, 0.05) is 5.69 Å². The van der Waals surface area contributed by atoms with Crippen LogP contribution in [-0.2, 0) is 22.6 Å².